The van der Waals surface area contributed by atoms with Crippen LogP contribution in [0.25, 0.3) is 0 Å². The zero-order valence-electron chi connectivity index (χ0n) is 12.8. The molecule has 0 unspecified atom stereocenters. The molecule has 2 rings (SSSR count). The fourth-order valence-corrected chi connectivity index (χ4v) is 4.09. The molecule has 114 valence electrons. The molecule has 0 atom stereocenters. The molecule has 0 aromatic carbocycles. The second-order valence-electron chi connectivity index (χ2n) is 5.79. The Balaban J connectivity index is 1.60. The summed E-state index contributed by atoms with van der Waals surface area (Å²) in [5.41, 5.74) is 1.63. The third-order valence-corrected chi connectivity index (χ3v) is 5.30. The lowest BCUT2D eigenvalue weighted by molar-refractivity contribution is 0.479. The van der Waals surface area contributed by atoms with Gasteiger partial charge in [-0.1, -0.05) is 11.6 Å². The Morgan fingerprint density at radius 3 is 2.85 bits per heavy atom. The first-order valence-corrected chi connectivity index (χ1v) is 9.24. The van der Waals surface area contributed by atoms with Crippen LogP contribution in [0.5, 0.6) is 0 Å². The van der Waals surface area contributed by atoms with Gasteiger partial charge in [0.25, 0.3) is 0 Å². The van der Waals surface area contributed by atoms with E-state index in [-0.39, 0.29) is 0 Å². The third-order valence-electron chi connectivity index (χ3n) is 4.25. The first kappa shape index (κ1) is 15.7. The van der Waals surface area contributed by atoms with Crippen molar-refractivity contribution in [3.8, 4) is 0 Å². The lowest BCUT2D eigenvalue weighted by Crippen LogP contribution is -2.40. The molecule has 0 saturated carbocycles. The van der Waals surface area contributed by atoms with Crippen LogP contribution >= 0.6 is 11.8 Å². The van der Waals surface area contributed by atoms with Crippen molar-refractivity contribution in [1.29, 1.82) is 0 Å². The summed E-state index contributed by atoms with van der Waals surface area (Å²) >= 11 is 2.09. The van der Waals surface area contributed by atoms with E-state index in [1.165, 1.54) is 56.5 Å². The highest BCUT2D eigenvalue weighted by Gasteiger charge is 2.13. The quantitative estimate of drug-likeness (QED) is 0.464. The lowest BCUT2D eigenvalue weighted by atomic mass is 9.97. The number of hydrogen-bond acceptors (Lipinski definition) is 2. The summed E-state index contributed by atoms with van der Waals surface area (Å²) in [6, 6.07) is 0. The number of aliphatic imine (C=N–C) groups is 1. The van der Waals surface area contributed by atoms with E-state index in [1.54, 1.807) is 5.57 Å². The van der Waals surface area contributed by atoms with Crippen molar-refractivity contribution in [3.05, 3.63) is 11.6 Å². The van der Waals surface area contributed by atoms with Gasteiger partial charge >= 0.3 is 0 Å². The fraction of sp³-hybridized carbons (Fsp3) is 0.812. The second-order valence-corrected chi connectivity index (χ2v) is 7.02. The summed E-state index contributed by atoms with van der Waals surface area (Å²) in [4.78, 5) is 4.32. The smallest absolute Gasteiger partial charge is 0.190 e. The second kappa shape index (κ2) is 9.32. The molecule has 0 aromatic rings. The van der Waals surface area contributed by atoms with Crippen LogP contribution in [0.4, 0.5) is 0 Å². The summed E-state index contributed by atoms with van der Waals surface area (Å²) < 4.78 is 0. The van der Waals surface area contributed by atoms with E-state index in [4.69, 9.17) is 0 Å². The van der Waals surface area contributed by atoms with Crippen LogP contribution in [0, 0.1) is 5.92 Å². The van der Waals surface area contributed by atoms with E-state index in [9.17, 15) is 0 Å². The highest BCUT2D eigenvalue weighted by Crippen LogP contribution is 2.22. The Morgan fingerprint density at radius 2 is 2.15 bits per heavy atom. The average Bonchev–Trinajstić information content (AvgIpc) is 2.52. The predicted octanol–water partition coefficient (Wildman–Crippen LogP) is 3.19. The van der Waals surface area contributed by atoms with Crippen LogP contribution in [0.15, 0.2) is 16.6 Å². The molecule has 3 nitrogen and oxygen atoms in total. The van der Waals surface area contributed by atoms with Crippen LogP contribution in [0.3, 0.4) is 0 Å². The van der Waals surface area contributed by atoms with Crippen molar-refractivity contribution >= 4 is 17.7 Å². The van der Waals surface area contributed by atoms with E-state index < -0.39 is 0 Å². The third kappa shape index (κ3) is 5.78. The number of guanidine groups is 1. The minimum atomic E-state index is 0.829. The van der Waals surface area contributed by atoms with Gasteiger partial charge in [0.1, 0.15) is 0 Å². The van der Waals surface area contributed by atoms with Gasteiger partial charge < -0.3 is 10.6 Å². The Labute approximate surface area is 128 Å². The number of allylic oxidation sites excluding steroid dienone is 1. The molecule has 1 fully saturated rings. The zero-order valence-corrected chi connectivity index (χ0v) is 13.6. The van der Waals surface area contributed by atoms with E-state index in [0.29, 0.717) is 0 Å². The van der Waals surface area contributed by atoms with E-state index in [2.05, 4.69) is 33.5 Å². The van der Waals surface area contributed by atoms with Gasteiger partial charge in [0, 0.05) is 20.1 Å². The SMILES string of the molecule is CN=C(NCCC1=CCCCC1)NCC1CCSCC1. The Morgan fingerprint density at radius 1 is 1.30 bits per heavy atom. The molecule has 1 heterocycles. The molecule has 4 heteroatoms. The Bertz CT molecular complexity index is 333. The molecule has 20 heavy (non-hydrogen) atoms. The molecule has 1 aliphatic heterocycles. The van der Waals surface area contributed by atoms with Gasteiger partial charge in [0.15, 0.2) is 5.96 Å². The van der Waals surface area contributed by atoms with Gasteiger partial charge in [0.2, 0.25) is 0 Å². The van der Waals surface area contributed by atoms with Crippen molar-refractivity contribution in [2.24, 2.45) is 10.9 Å². The maximum Gasteiger partial charge on any atom is 0.190 e. The zero-order chi connectivity index (χ0) is 14.0. The van der Waals surface area contributed by atoms with Gasteiger partial charge in [-0.05, 0) is 62.4 Å². The normalized spacial score (nSPS) is 21.4. The topological polar surface area (TPSA) is 36.4 Å². The van der Waals surface area contributed by atoms with E-state index >= 15 is 0 Å². The molecule has 1 saturated heterocycles. The highest BCUT2D eigenvalue weighted by molar-refractivity contribution is 7.99. The maximum atomic E-state index is 4.32. The number of nitrogens with zero attached hydrogens (tertiary/aromatic N) is 1. The van der Waals surface area contributed by atoms with Gasteiger partial charge in [-0.25, -0.2) is 0 Å². The van der Waals surface area contributed by atoms with Crippen molar-refractivity contribution in [3.63, 3.8) is 0 Å². The van der Waals surface area contributed by atoms with Crippen LogP contribution in [-0.2, 0) is 0 Å². The Kier molecular flexibility index (Phi) is 7.34. The summed E-state index contributed by atoms with van der Waals surface area (Å²) in [6.45, 7) is 2.08. The molecule has 0 bridgehead atoms. The number of hydrogen-bond donors (Lipinski definition) is 2. The van der Waals surface area contributed by atoms with Crippen molar-refractivity contribution in [1.82, 2.24) is 10.6 Å². The molecule has 1 aliphatic carbocycles. The van der Waals surface area contributed by atoms with E-state index in [0.717, 1.165) is 25.0 Å². The number of nitrogens with one attached hydrogen (secondary N) is 2. The van der Waals surface area contributed by atoms with Gasteiger partial charge in [0.05, 0.1) is 0 Å². The lowest BCUT2D eigenvalue weighted by Gasteiger charge is -2.23. The molecular formula is C16H29N3S. The Hall–Kier alpha value is -0.640. The molecular weight excluding hydrogens is 266 g/mol. The molecule has 0 amide bonds. The monoisotopic (exact) mass is 295 g/mol. The van der Waals surface area contributed by atoms with Crippen LogP contribution in [0.1, 0.15) is 44.9 Å². The van der Waals surface area contributed by atoms with Crippen molar-refractivity contribution in [2.75, 3.05) is 31.6 Å². The summed E-state index contributed by atoms with van der Waals surface area (Å²) in [5, 5.41) is 6.94. The molecule has 2 aliphatic rings. The predicted molar refractivity (Wildman–Crippen MR) is 90.6 cm³/mol. The van der Waals surface area contributed by atoms with Crippen LogP contribution < -0.4 is 10.6 Å². The first-order valence-electron chi connectivity index (χ1n) is 8.08. The molecule has 0 radical (unpaired) electrons. The van der Waals surface area contributed by atoms with Crippen molar-refractivity contribution in [2.45, 2.75) is 44.9 Å². The molecule has 2 N–H and O–H groups in total. The molecule has 0 aromatic heterocycles. The fourth-order valence-electron chi connectivity index (χ4n) is 2.89. The standard InChI is InChI=1S/C16H29N3S/c1-17-16(19-13-15-8-11-20-12-9-15)18-10-7-14-5-3-2-4-6-14/h5,15H,2-4,6-13H2,1H3,(H2,17,18,19). The summed E-state index contributed by atoms with van der Waals surface area (Å²) in [7, 11) is 1.87. The minimum absolute atomic E-state index is 0.829. The highest BCUT2D eigenvalue weighted by atomic mass is 32.2. The van der Waals surface area contributed by atoms with Crippen molar-refractivity contribution < 1.29 is 0 Å². The number of rotatable bonds is 5. The van der Waals surface area contributed by atoms with Crippen LogP contribution in [0.2, 0.25) is 0 Å². The summed E-state index contributed by atoms with van der Waals surface area (Å²) in [6.07, 6.45) is 11.6. The molecule has 0 spiro atoms. The van der Waals surface area contributed by atoms with E-state index in [1.807, 2.05) is 7.05 Å². The van der Waals surface area contributed by atoms with Gasteiger partial charge in [-0.15, -0.1) is 0 Å². The van der Waals surface area contributed by atoms with Gasteiger partial charge in [-0.3, -0.25) is 4.99 Å². The number of thioether (sulfide) groups is 1. The van der Waals surface area contributed by atoms with Crippen LogP contribution in [-0.4, -0.2) is 37.6 Å². The first-order chi connectivity index (χ1) is 9.88. The summed E-state index contributed by atoms with van der Waals surface area (Å²) in [5.74, 6) is 4.45. The largest absolute Gasteiger partial charge is 0.356 e. The van der Waals surface area contributed by atoms with Gasteiger partial charge in [-0.2, -0.15) is 11.8 Å². The average molecular weight is 295 g/mol. The maximum absolute atomic E-state index is 4.32. The minimum Gasteiger partial charge on any atom is -0.356 e.